The number of methoxy groups -OCH3 is 1. The monoisotopic (exact) mass is 228 g/mol. The van der Waals surface area contributed by atoms with Crippen LogP contribution >= 0.6 is 11.6 Å². The maximum atomic E-state index is 13.5. The Morgan fingerprint density at radius 3 is 2.53 bits per heavy atom. The van der Waals surface area contributed by atoms with Crippen LogP contribution in [0.4, 0.5) is 10.1 Å². The molecule has 1 aromatic carbocycles. The Balaban J connectivity index is 3.59. The maximum absolute atomic E-state index is 13.5. The molecule has 0 spiro atoms. The van der Waals surface area contributed by atoms with E-state index in [1.807, 2.05) is 0 Å². The molecule has 80 valence electrons. The molecule has 0 saturated carbocycles. The summed E-state index contributed by atoms with van der Waals surface area (Å²) < 4.78 is 18.5. The summed E-state index contributed by atoms with van der Waals surface area (Å²) in [4.78, 5) is 1.61. The van der Waals surface area contributed by atoms with E-state index in [1.54, 1.807) is 25.1 Å². The summed E-state index contributed by atoms with van der Waals surface area (Å²) in [6, 6.07) is 3.13. The Bertz CT molecular complexity index is 426. The van der Waals surface area contributed by atoms with Crippen molar-refractivity contribution in [3.8, 4) is 11.8 Å². The first-order chi connectivity index (χ1) is 7.02. The van der Waals surface area contributed by atoms with Gasteiger partial charge in [0.2, 0.25) is 0 Å². The van der Waals surface area contributed by atoms with Crippen molar-refractivity contribution < 1.29 is 9.13 Å². The second-order valence-corrected chi connectivity index (χ2v) is 3.51. The average Bonchev–Trinajstić information content (AvgIpc) is 2.20. The molecule has 1 aromatic rings. The van der Waals surface area contributed by atoms with Crippen LogP contribution in [0.1, 0.15) is 5.56 Å². The van der Waals surface area contributed by atoms with E-state index in [0.717, 1.165) is 0 Å². The van der Waals surface area contributed by atoms with Gasteiger partial charge in [0, 0.05) is 20.2 Å². The zero-order valence-electron chi connectivity index (χ0n) is 8.64. The molecule has 0 aliphatic carbocycles. The molecule has 5 heteroatoms. The minimum atomic E-state index is -0.719. The van der Waals surface area contributed by atoms with Gasteiger partial charge < -0.3 is 9.64 Å². The molecular weight excluding hydrogens is 219 g/mol. The van der Waals surface area contributed by atoms with E-state index >= 15 is 0 Å². The molecule has 3 nitrogen and oxygen atoms in total. The lowest BCUT2D eigenvalue weighted by Gasteiger charge is -2.18. The molecule has 0 bridgehead atoms. The largest absolute Gasteiger partial charge is 0.494 e. The standard InChI is InChI=1S/C10H10ClFN2O/c1-14(2)10-6(5-13)9(12)7(11)4-8(10)15-3/h4H,1-3H3. The van der Waals surface area contributed by atoms with Gasteiger partial charge in [-0.3, -0.25) is 0 Å². The zero-order valence-corrected chi connectivity index (χ0v) is 9.39. The van der Waals surface area contributed by atoms with Crippen molar-refractivity contribution in [2.45, 2.75) is 0 Å². The van der Waals surface area contributed by atoms with E-state index in [0.29, 0.717) is 11.4 Å². The summed E-state index contributed by atoms with van der Waals surface area (Å²) in [6.45, 7) is 0. The smallest absolute Gasteiger partial charge is 0.161 e. The Morgan fingerprint density at radius 2 is 2.13 bits per heavy atom. The summed E-state index contributed by atoms with van der Waals surface area (Å²) in [5.74, 6) is -0.341. The molecule has 0 heterocycles. The van der Waals surface area contributed by atoms with E-state index in [4.69, 9.17) is 21.6 Å². The van der Waals surface area contributed by atoms with Crippen LogP contribution in [0.25, 0.3) is 0 Å². The summed E-state index contributed by atoms with van der Waals surface area (Å²) in [5, 5.41) is 8.75. The number of nitriles is 1. The van der Waals surface area contributed by atoms with Crippen molar-refractivity contribution in [2.75, 3.05) is 26.1 Å². The van der Waals surface area contributed by atoms with Crippen LogP contribution in [0.15, 0.2) is 6.07 Å². The van der Waals surface area contributed by atoms with Gasteiger partial charge in [0.15, 0.2) is 5.82 Å². The highest BCUT2D eigenvalue weighted by molar-refractivity contribution is 6.31. The third-order valence-electron chi connectivity index (χ3n) is 1.94. The van der Waals surface area contributed by atoms with E-state index in [-0.39, 0.29) is 10.6 Å². The molecule has 0 aliphatic heterocycles. The van der Waals surface area contributed by atoms with Gasteiger partial charge in [-0.1, -0.05) is 11.6 Å². The average molecular weight is 229 g/mol. The van der Waals surface area contributed by atoms with Gasteiger partial charge in [-0.2, -0.15) is 5.26 Å². The van der Waals surface area contributed by atoms with Crippen LogP contribution in [0.3, 0.4) is 0 Å². The van der Waals surface area contributed by atoms with Crippen LogP contribution in [-0.2, 0) is 0 Å². The summed E-state index contributed by atoms with van der Waals surface area (Å²) in [6.07, 6.45) is 0. The van der Waals surface area contributed by atoms with Gasteiger partial charge in [0.25, 0.3) is 0 Å². The first-order valence-electron chi connectivity index (χ1n) is 4.16. The zero-order chi connectivity index (χ0) is 11.6. The first kappa shape index (κ1) is 11.6. The summed E-state index contributed by atoms with van der Waals surface area (Å²) >= 11 is 5.63. The molecule has 0 aromatic heterocycles. The van der Waals surface area contributed by atoms with Crippen LogP contribution in [-0.4, -0.2) is 21.2 Å². The van der Waals surface area contributed by atoms with Crippen molar-refractivity contribution in [3.05, 3.63) is 22.5 Å². The SMILES string of the molecule is COc1cc(Cl)c(F)c(C#N)c1N(C)C. The lowest BCUT2D eigenvalue weighted by Crippen LogP contribution is -2.13. The number of rotatable bonds is 2. The summed E-state index contributed by atoms with van der Waals surface area (Å²) in [7, 11) is 4.84. The summed E-state index contributed by atoms with van der Waals surface area (Å²) in [5.41, 5.74) is 0.284. The highest BCUT2D eigenvalue weighted by Crippen LogP contribution is 2.36. The van der Waals surface area contributed by atoms with Gasteiger partial charge >= 0.3 is 0 Å². The second kappa shape index (κ2) is 4.37. The van der Waals surface area contributed by atoms with Crippen molar-refractivity contribution in [1.82, 2.24) is 0 Å². The number of halogens is 2. The molecule has 0 radical (unpaired) electrons. The molecule has 0 aliphatic rings. The Morgan fingerprint density at radius 1 is 1.53 bits per heavy atom. The molecule has 0 N–H and O–H groups in total. The molecule has 0 fully saturated rings. The minimum Gasteiger partial charge on any atom is -0.494 e. The van der Waals surface area contributed by atoms with Gasteiger partial charge in [-0.05, 0) is 0 Å². The number of hydrogen-bond acceptors (Lipinski definition) is 3. The van der Waals surface area contributed by atoms with Crippen molar-refractivity contribution in [2.24, 2.45) is 0 Å². The fourth-order valence-corrected chi connectivity index (χ4v) is 1.49. The van der Waals surface area contributed by atoms with Crippen LogP contribution in [0.5, 0.6) is 5.75 Å². The maximum Gasteiger partial charge on any atom is 0.161 e. The van der Waals surface area contributed by atoms with Crippen LogP contribution in [0, 0.1) is 17.1 Å². The number of ether oxygens (including phenoxy) is 1. The van der Waals surface area contributed by atoms with Gasteiger partial charge in [0.1, 0.15) is 17.4 Å². The predicted molar refractivity (Wildman–Crippen MR) is 57.0 cm³/mol. The number of hydrogen-bond donors (Lipinski definition) is 0. The Kier molecular flexibility index (Phi) is 3.38. The van der Waals surface area contributed by atoms with Crippen LogP contribution < -0.4 is 9.64 Å². The van der Waals surface area contributed by atoms with Crippen molar-refractivity contribution in [1.29, 1.82) is 5.26 Å². The third kappa shape index (κ3) is 1.97. The lowest BCUT2D eigenvalue weighted by molar-refractivity contribution is 0.414. The van der Waals surface area contributed by atoms with Gasteiger partial charge in [-0.15, -0.1) is 0 Å². The van der Waals surface area contributed by atoms with Crippen molar-refractivity contribution >= 4 is 17.3 Å². The van der Waals surface area contributed by atoms with Gasteiger partial charge in [-0.25, -0.2) is 4.39 Å². The molecule has 1 rings (SSSR count). The quantitative estimate of drug-likeness (QED) is 0.780. The highest BCUT2D eigenvalue weighted by Gasteiger charge is 2.19. The topological polar surface area (TPSA) is 36.3 Å². The molecule has 0 unspecified atom stereocenters. The number of nitrogens with zero attached hydrogens (tertiary/aromatic N) is 2. The van der Waals surface area contributed by atoms with Crippen molar-refractivity contribution in [3.63, 3.8) is 0 Å². The molecular formula is C10H10ClFN2O. The third-order valence-corrected chi connectivity index (χ3v) is 2.21. The predicted octanol–water partition coefficient (Wildman–Crippen LogP) is 2.43. The van der Waals surface area contributed by atoms with E-state index in [9.17, 15) is 4.39 Å². The Hall–Kier alpha value is -1.47. The molecule has 15 heavy (non-hydrogen) atoms. The van der Waals surface area contributed by atoms with E-state index in [1.165, 1.54) is 13.2 Å². The molecule has 0 atom stereocenters. The first-order valence-corrected chi connectivity index (χ1v) is 4.54. The normalized spacial score (nSPS) is 9.60. The van der Waals surface area contributed by atoms with E-state index in [2.05, 4.69) is 0 Å². The fourth-order valence-electron chi connectivity index (χ4n) is 1.30. The fraction of sp³-hybridized carbons (Fsp3) is 0.300. The second-order valence-electron chi connectivity index (χ2n) is 3.10. The van der Waals surface area contributed by atoms with Crippen LogP contribution in [0.2, 0.25) is 5.02 Å². The Labute approximate surface area is 92.6 Å². The lowest BCUT2D eigenvalue weighted by atomic mass is 10.1. The molecule has 0 saturated heterocycles. The highest BCUT2D eigenvalue weighted by atomic mass is 35.5. The minimum absolute atomic E-state index is 0.107. The molecule has 0 amide bonds. The number of benzene rings is 1. The van der Waals surface area contributed by atoms with E-state index < -0.39 is 5.82 Å². The number of anilines is 1. The van der Waals surface area contributed by atoms with Gasteiger partial charge in [0.05, 0.1) is 17.8 Å².